The highest BCUT2D eigenvalue weighted by atomic mass is 35.5. The zero-order chi connectivity index (χ0) is 13.2. The lowest BCUT2D eigenvalue weighted by Crippen LogP contribution is -2.15. The van der Waals surface area contributed by atoms with E-state index in [-0.39, 0.29) is 24.6 Å². The van der Waals surface area contributed by atoms with E-state index in [1.165, 1.54) is 0 Å². The van der Waals surface area contributed by atoms with E-state index in [4.69, 9.17) is 16.1 Å². The quantitative estimate of drug-likeness (QED) is 0.908. The maximum Gasteiger partial charge on any atom is 0.243 e. The van der Waals surface area contributed by atoms with E-state index in [1.807, 2.05) is 24.3 Å². The van der Waals surface area contributed by atoms with Gasteiger partial charge in [-0.15, -0.1) is 12.4 Å². The van der Waals surface area contributed by atoms with Crippen molar-refractivity contribution in [2.45, 2.75) is 25.0 Å². The van der Waals surface area contributed by atoms with Gasteiger partial charge in [-0.3, -0.25) is 0 Å². The van der Waals surface area contributed by atoms with Gasteiger partial charge in [0.05, 0.1) is 12.1 Å². The Kier molecular flexibility index (Phi) is 4.99. The average molecular weight is 316 g/mol. The topological polar surface area (TPSA) is 71.2 Å². The maximum atomic E-state index is 9.47. The Morgan fingerprint density at radius 3 is 2.90 bits per heavy atom. The van der Waals surface area contributed by atoms with Gasteiger partial charge in [0.2, 0.25) is 5.89 Å². The zero-order valence-electron chi connectivity index (χ0n) is 10.6. The van der Waals surface area contributed by atoms with Crippen molar-refractivity contribution in [1.29, 1.82) is 0 Å². The van der Waals surface area contributed by atoms with Crippen molar-refractivity contribution in [3.63, 3.8) is 0 Å². The molecule has 5 nitrogen and oxygen atoms in total. The molecule has 0 spiro atoms. The second-order valence-electron chi connectivity index (χ2n) is 4.67. The highest BCUT2D eigenvalue weighted by molar-refractivity contribution is 6.31. The molecule has 1 aromatic heterocycles. The molecule has 0 aliphatic carbocycles. The van der Waals surface area contributed by atoms with Crippen molar-refractivity contribution in [1.82, 2.24) is 15.5 Å². The third-order valence-electron chi connectivity index (χ3n) is 3.20. The number of nitrogens with zero attached hydrogens (tertiary/aromatic N) is 2. The second kappa shape index (κ2) is 6.54. The third kappa shape index (κ3) is 3.30. The molecule has 1 fully saturated rings. The minimum atomic E-state index is -0.344. The van der Waals surface area contributed by atoms with E-state index < -0.39 is 0 Å². The van der Waals surface area contributed by atoms with Crippen molar-refractivity contribution in [2.24, 2.45) is 0 Å². The first-order valence-corrected chi connectivity index (χ1v) is 6.57. The fourth-order valence-corrected chi connectivity index (χ4v) is 2.40. The SMILES string of the molecule is Cl.O[C@@H]1CN[C@H](c2nc(Cc3ccccc3Cl)no2)C1. The molecule has 7 heteroatoms. The smallest absolute Gasteiger partial charge is 0.243 e. The van der Waals surface area contributed by atoms with E-state index in [9.17, 15) is 5.11 Å². The Labute approximate surface area is 127 Å². The van der Waals surface area contributed by atoms with Crippen LogP contribution in [0.1, 0.15) is 29.7 Å². The number of aliphatic hydroxyl groups excluding tert-OH is 1. The molecular weight excluding hydrogens is 301 g/mol. The summed E-state index contributed by atoms with van der Waals surface area (Å²) in [6, 6.07) is 7.54. The molecule has 1 aliphatic heterocycles. The summed E-state index contributed by atoms with van der Waals surface area (Å²) in [5.74, 6) is 1.13. The first kappa shape index (κ1) is 15.3. The number of benzene rings is 1. The number of hydrogen-bond donors (Lipinski definition) is 2. The highest BCUT2D eigenvalue weighted by Crippen LogP contribution is 2.23. The molecule has 0 radical (unpaired) electrons. The van der Waals surface area contributed by atoms with Crippen LogP contribution in [0.25, 0.3) is 0 Å². The predicted molar refractivity (Wildman–Crippen MR) is 77.2 cm³/mol. The third-order valence-corrected chi connectivity index (χ3v) is 3.56. The monoisotopic (exact) mass is 315 g/mol. The van der Waals surface area contributed by atoms with E-state index in [0.717, 1.165) is 5.56 Å². The molecule has 0 saturated carbocycles. The molecule has 3 rings (SSSR count). The first-order valence-electron chi connectivity index (χ1n) is 6.19. The van der Waals surface area contributed by atoms with E-state index in [1.54, 1.807) is 0 Å². The van der Waals surface area contributed by atoms with Gasteiger partial charge in [0, 0.05) is 18.0 Å². The van der Waals surface area contributed by atoms with Gasteiger partial charge < -0.3 is 14.9 Å². The fraction of sp³-hybridized carbons (Fsp3) is 0.385. The van der Waals surface area contributed by atoms with Crippen LogP contribution in [0.5, 0.6) is 0 Å². The predicted octanol–water partition coefficient (Wildman–Crippen LogP) is 2.13. The lowest BCUT2D eigenvalue weighted by molar-refractivity contribution is 0.191. The summed E-state index contributed by atoms with van der Waals surface area (Å²) in [6.07, 6.45) is 0.801. The summed E-state index contributed by atoms with van der Waals surface area (Å²) in [5.41, 5.74) is 0.968. The van der Waals surface area contributed by atoms with Gasteiger partial charge in [0.1, 0.15) is 0 Å². The lowest BCUT2D eigenvalue weighted by Gasteiger charge is -2.01. The fourth-order valence-electron chi connectivity index (χ4n) is 2.20. The van der Waals surface area contributed by atoms with Crippen LogP contribution in [0.2, 0.25) is 5.02 Å². The minimum Gasteiger partial charge on any atom is -0.392 e. The largest absolute Gasteiger partial charge is 0.392 e. The van der Waals surface area contributed by atoms with Gasteiger partial charge in [-0.05, 0) is 18.1 Å². The molecule has 2 heterocycles. The Morgan fingerprint density at radius 1 is 1.40 bits per heavy atom. The van der Waals surface area contributed by atoms with Crippen LogP contribution in [-0.2, 0) is 6.42 Å². The Hall–Kier alpha value is -1.14. The van der Waals surface area contributed by atoms with Crippen LogP contribution in [-0.4, -0.2) is 27.9 Å². The average Bonchev–Trinajstić information content (AvgIpc) is 3.01. The first-order chi connectivity index (χ1) is 9.22. The molecular formula is C13H15Cl2N3O2. The van der Waals surface area contributed by atoms with E-state index in [0.29, 0.717) is 36.1 Å². The van der Waals surface area contributed by atoms with Gasteiger partial charge in [-0.2, -0.15) is 4.98 Å². The summed E-state index contributed by atoms with van der Waals surface area (Å²) >= 11 is 6.10. The molecule has 1 aromatic carbocycles. The Balaban J connectivity index is 0.00000147. The van der Waals surface area contributed by atoms with Crippen LogP contribution in [0, 0.1) is 0 Å². The van der Waals surface area contributed by atoms with Gasteiger partial charge in [-0.25, -0.2) is 0 Å². The molecule has 108 valence electrons. The molecule has 0 amide bonds. The number of aliphatic hydroxyl groups is 1. The molecule has 0 unspecified atom stereocenters. The van der Waals surface area contributed by atoms with Crippen LogP contribution in [0.4, 0.5) is 0 Å². The molecule has 2 atom stereocenters. The van der Waals surface area contributed by atoms with Crippen molar-refractivity contribution < 1.29 is 9.63 Å². The van der Waals surface area contributed by atoms with E-state index in [2.05, 4.69) is 15.5 Å². The number of halogens is 2. The maximum absolute atomic E-state index is 9.47. The lowest BCUT2D eigenvalue weighted by atomic mass is 10.1. The van der Waals surface area contributed by atoms with Crippen molar-refractivity contribution in [2.75, 3.05) is 6.54 Å². The summed E-state index contributed by atoms with van der Waals surface area (Å²) in [4.78, 5) is 4.35. The summed E-state index contributed by atoms with van der Waals surface area (Å²) in [7, 11) is 0. The highest BCUT2D eigenvalue weighted by Gasteiger charge is 2.28. The molecule has 2 aromatic rings. The summed E-state index contributed by atoms with van der Waals surface area (Å²) < 4.78 is 5.23. The molecule has 20 heavy (non-hydrogen) atoms. The van der Waals surface area contributed by atoms with Crippen LogP contribution >= 0.6 is 24.0 Å². The standard InChI is InChI=1S/C13H14ClN3O2.ClH/c14-10-4-2-1-3-8(10)5-12-16-13(19-17-12)11-6-9(18)7-15-11;/h1-4,9,11,15,18H,5-7H2;1H/t9-,11-;/m0./s1. The van der Waals surface area contributed by atoms with Crippen LogP contribution < -0.4 is 5.32 Å². The number of aromatic nitrogens is 2. The Bertz CT molecular complexity index is 576. The van der Waals surface area contributed by atoms with Crippen LogP contribution in [0.3, 0.4) is 0 Å². The van der Waals surface area contributed by atoms with E-state index >= 15 is 0 Å². The molecule has 1 aliphatic rings. The molecule has 1 saturated heterocycles. The normalized spacial score (nSPS) is 21.7. The number of rotatable bonds is 3. The summed E-state index contributed by atoms with van der Waals surface area (Å²) in [6.45, 7) is 0.562. The van der Waals surface area contributed by atoms with Gasteiger partial charge >= 0.3 is 0 Å². The van der Waals surface area contributed by atoms with Gasteiger partial charge in [0.25, 0.3) is 0 Å². The zero-order valence-corrected chi connectivity index (χ0v) is 12.2. The Morgan fingerprint density at radius 2 is 2.20 bits per heavy atom. The van der Waals surface area contributed by atoms with Crippen LogP contribution in [0.15, 0.2) is 28.8 Å². The minimum absolute atomic E-state index is 0. The van der Waals surface area contributed by atoms with Crippen molar-refractivity contribution >= 4 is 24.0 Å². The van der Waals surface area contributed by atoms with Gasteiger partial charge in [0.15, 0.2) is 5.82 Å². The van der Waals surface area contributed by atoms with Gasteiger partial charge in [-0.1, -0.05) is 35.0 Å². The molecule has 2 N–H and O–H groups in total. The summed E-state index contributed by atoms with van der Waals surface area (Å²) in [5, 5.41) is 17.3. The number of nitrogens with one attached hydrogen (secondary N) is 1. The van der Waals surface area contributed by atoms with Crippen molar-refractivity contribution in [3.05, 3.63) is 46.6 Å². The second-order valence-corrected chi connectivity index (χ2v) is 5.07. The van der Waals surface area contributed by atoms with Crippen molar-refractivity contribution in [3.8, 4) is 0 Å². The number of β-amino-alcohol motifs (C(OH)–C–C–N with tert-alkyl or cyclic N) is 1. The number of hydrogen-bond acceptors (Lipinski definition) is 5. The molecule has 0 bridgehead atoms.